The zero-order chi connectivity index (χ0) is 8.27. The lowest BCUT2D eigenvalue weighted by atomic mass is 10.2. The molecular weight excluding hydrogens is 157 g/mol. The molecule has 0 aromatic carbocycles. The highest BCUT2D eigenvalue weighted by Crippen LogP contribution is 2.24. The van der Waals surface area contributed by atoms with Crippen molar-refractivity contribution in [3.05, 3.63) is 0 Å². The first-order valence-electron chi connectivity index (χ1n) is 4.42. The maximum atomic E-state index is 11.1. The maximum Gasteiger partial charge on any atom is 0.0787 e. The van der Waals surface area contributed by atoms with Gasteiger partial charge in [0.05, 0.1) is 7.80 Å². The number of rotatable bonds is 2. The molecule has 0 spiro atoms. The second-order valence-electron chi connectivity index (χ2n) is 3.73. The van der Waals surface area contributed by atoms with Gasteiger partial charge >= 0.3 is 0 Å². The highest BCUT2D eigenvalue weighted by Gasteiger charge is 2.14. The van der Waals surface area contributed by atoms with Gasteiger partial charge in [-0.15, -0.1) is 0 Å². The fourth-order valence-corrected chi connectivity index (χ4v) is 2.88. The first kappa shape index (κ1) is 9.28. The van der Waals surface area contributed by atoms with Crippen LogP contribution in [0, 0.1) is 5.92 Å². The van der Waals surface area contributed by atoms with Crippen LogP contribution in [0.3, 0.4) is 0 Å². The van der Waals surface area contributed by atoms with Crippen LogP contribution in [0.25, 0.3) is 0 Å². The zero-order valence-electron chi connectivity index (χ0n) is 7.47. The van der Waals surface area contributed by atoms with E-state index in [0.717, 1.165) is 31.3 Å². The average molecular weight is 175 g/mol. The van der Waals surface area contributed by atoms with Crippen LogP contribution in [0.2, 0.25) is 0 Å². The SMILES string of the molecule is CC(C)CN1CC[PH](=O)CC1. The van der Waals surface area contributed by atoms with Gasteiger partial charge in [-0.25, -0.2) is 0 Å². The van der Waals surface area contributed by atoms with E-state index in [1.165, 1.54) is 6.54 Å². The Hall–Kier alpha value is 0.190. The average Bonchev–Trinajstić information content (AvgIpc) is 1.93. The van der Waals surface area contributed by atoms with Gasteiger partial charge in [0.2, 0.25) is 0 Å². The van der Waals surface area contributed by atoms with E-state index in [4.69, 9.17) is 0 Å². The van der Waals surface area contributed by atoms with Crippen LogP contribution < -0.4 is 0 Å². The molecule has 1 fully saturated rings. The van der Waals surface area contributed by atoms with E-state index in [1.807, 2.05) is 0 Å². The summed E-state index contributed by atoms with van der Waals surface area (Å²) in [5, 5.41) is 0. The van der Waals surface area contributed by atoms with Crippen molar-refractivity contribution in [1.82, 2.24) is 4.90 Å². The molecule has 11 heavy (non-hydrogen) atoms. The molecule has 0 unspecified atom stereocenters. The molecule has 0 amide bonds. The Labute approximate surface area is 69.8 Å². The summed E-state index contributed by atoms with van der Waals surface area (Å²) in [4.78, 5) is 2.43. The third kappa shape index (κ3) is 3.39. The summed E-state index contributed by atoms with van der Waals surface area (Å²) in [6.07, 6.45) is 1.91. The molecule has 0 radical (unpaired) electrons. The van der Waals surface area contributed by atoms with Gasteiger partial charge in [0.1, 0.15) is 0 Å². The summed E-state index contributed by atoms with van der Waals surface area (Å²) in [6, 6.07) is 0. The quantitative estimate of drug-likeness (QED) is 0.593. The normalized spacial score (nSPS) is 22.8. The summed E-state index contributed by atoms with van der Waals surface area (Å²) >= 11 is 0. The van der Waals surface area contributed by atoms with E-state index in [0.29, 0.717) is 0 Å². The Bertz CT molecular complexity index is 137. The highest BCUT2D eigenvalue weighted by atomic mass is 31.1. The molecule has 0 aromatic heterocycles. The van der Waals surface area contributed by atoms with E-state index in [9.17, 15) is 4.57 Å². The summed E-state index contributed by atoms with van der Waals surface area (Å²) < 4.78 is 11.1. The van der Waals surface area contributed by atoms with Gasteiger partial charge < -0.3 is 9.46 Å². The molecule has 66 valence electrons. The van der Waals surface area contributed by atoms with Gasteiger partial charge in [-0.3, -0.25) is 0 Å². The van der Waals surface area contributed by atoms with Crippen LogP contribution >= 0.6 is 7.80 Å². The van der Waals surface area contributed by atoms with E-state index in [2.05, 4.69) is 18.7 Å². The number of hydrogen-bond donors (Lipinski definition) is 0. The van der Waals surface area contributed by atoms with Gasteiger partial charge in [-0.05, 0) is 5.92 Å². The van der Waals surface area contributed by atoms with Crippen LogP contribution in [0.1, 0.15) is 13.8 Å². The van der Waals surface area contributed by atoms with Crippen LogP contribution in [0.4, 0.5) is 0 Å². The van der Waals surface area contributed by atoms with Crippen LogP contribution in [0.15, 0.2) is 0 Å². The lowest BCUT2D eigenvalue weighted by Gasteiger charge is -2.27. The Balaban J connectivity index is 2.22. The van der Waals surface area contributed by atoms with Gasteiger partial charge in [-0.2, -0.15) is 0 Å². The third-order valence-corrected chi connectivity index (χ3v) is 3.60. The monoisotopic (exact) mass is 175 g/mol. The van der Waals surface area contributed by atoms with Crippen LogP contribution in [-0.2, 0) is 4.57 Å². The first-order chi connectivity index (χ1) is 5.18. The topological polar surface area (TPSA) is 20.3 Å². The first-order valence-corrected chi connectivity index (χ1v) is 6.25. The minimum atomic E-state index is -1.15. The van der Waals surface area contributed by atoms with E-state index < -0.39 is 7.80 Å². The van der Waals surface area contributed by atoms with Crippen molar-refractivity contribution in [3.63, 3.8) is 0 Å². The molecule has 0 saturated carbocycles. The summed E-state index contributed by atoms with van der Waals surface area (Å²) in [5.41, 5.74) is 0. The zero-order valence-corrected chi connectivity index (χ0v) is 8.47. The predicted molar refractivity (Wildman–Crippen MR) is 50.0 cm³/mol. The molecular formula is C8H18NOP. The molecule has 1 saturated heterocycles. The Morgan fingerprint density at radius 3 is 2.36 bits per heavy atom. The Kier molecular flexibility index (Phi) is 3.61. The molecule has 3 heteroatoms. The summed E-state index contributed by atoms with van der Waals surface area (Å²) in [5.74, 6) is 0.746. The van der Waals surface area contributed by atoms with Crippen LogP contribution in [-0.4, -0.2) is 36.9 Å². The number of nitrogens with zero attached hydrogens (tertiary/aromatic N) is 1. The molecule has 0 aromatic rings. The maximum absolute atomic E-state index is 11.1. The van der Waals surface area contributed by atoms with E-state index in [-0.39, 0.29) is 0 Å². The molecule has 2 nitrogen and oxygen atoms in total. The van der Waals surface area contributed by atoms with Gasteiger partial charge in [-0.1, -0.05) is 13.8 Å². The van der Waals surface area contributed by atoms with Crippen molar-refractivity contribution in [2.24, 2.45) is 5.92 Å². The Morgan fingerprint density at radius 1 is 1.36 bits per heavy atom. The molecule has 1 aliphatic rings. The molecule has 0 atom stereocenters. The summed E-state index contributed by atoms with van der Waals surface area (Å²) in [7, 11) is -1.15. The highest BCUT2D eigenvalue weighted by molar-refractivity contribution is 7.44. The molecule has 0 aliphatic carbocycles. The fourth-order valence-electron chi connectivity index (χ4n) is 1.50. The van der Waals surface area contributed by atoms with Crippen molar-refractivity contribution in [2.75, 3.05) is 32.0 Å². The van der Waals surface area contributed by atoms with Crippen molar-refractivity contribution in [3.8, 4) is 0 Å². The van der Waals surface area contributed by atoms with Crippen molar-refractivity contribution >= 4 is 7.80 Å². The fraction of sp³-hybridized carbons (Fsp3) is 1.00. The lowest BCUT2D eigenvalue weighted by molar-refractivity contribution is 0.264. The minimum Gasteiger partial charge on any atom is -0.327 e. The van der Waals surface area contributed by atoms with Crippen molar-refractivity contribution in [1.29, 1.82) is 0 Å². The lowest BCUT2D eigenvalue weighted by Crippen LogP contribution is -2.35. The molecule has 1 heterocycles. The minimum absolute atomic E-state index is 0.746. The second-order valence-corrected chi connectivity index (χ2v) is 5.81. The van der Waals surface area contributed by atoms with Crippen LogP contribution in [0.5, 0.6) is 0 Å². The molecule has 1 rings (SSSR count). The predicted octanol–water partition coefficient (Wildman–Crippen LogP) is 1.52. The van der Waals surface area contributed by atoms with Gasteiger partial charge in [0.25, 0.3) is 0 Å². The molecule has 0 bridgehead atoms. The molecule has 0 N–H and O–H groups in total. The van der Waals surface area contributed by atoms with Crippen molar-refractivity contribution in [2.45, 2.75) is 13.8 Å². The number of hydrogen-bond acceptors (Lipinski definition) is 2. The smallest absolute Gasteiger partial charge is 0.0787 e. The second kappa shape index (κ2) is 4.27. The van der Waals surface area contributed by atoms with Crippen molar-refractivity contribution < 1.29 is 4.57 Å². The Morgan fingerprint density at radius 2 is 1.91 bits per heavy atom. The van der Waals surface area contributed by atoms with Gasteiger partial charge in [0.15, 0.2) is 0 Å². The van der Waals surface area contributed by atoms with E-state index in [1.54, 1.807) is 0 Å². The third-order valence-electron chi connectivity index (χ3n) is 2.04. The standard InChI is InChI=1S/C8H18NOP/c1-8(2)7-9-3-5-11(10)6-4-9/h8,11H,3-7H2,1-2H3. The largest absolute Gasteiger partial charge is 0.327 e. The molecule has 1 aliphatic heterocycles. The van der Waals surface area contributed by atoms with E-state index >= 15 is 0 Å². The summed E-state index contributed by atoms with van der Waals surface area (Å²) in [6.45, 7) is 7.77. The van der Waals surface area contributed by atoms with Gasteiger partial charge in [0, 0.05) is 32.0 Å².